The molecule has 0 spiro atoms. The second-order valence-electron chi connectivity index (χ2n) is 6.38. The number of ether oxygens (including phenoxy) is 1. The Hall–Kier alpha value is -2.83. The largest absolute Gasteiger partial charge is 0.481 e. The van der Waals surface area contributed by atoms with Gasteiger partial charge in [-0.2, -0.15) is 0 Å². The average molecular weight is 361 g/mol. The van der Waals surface area contributed by atoms with E-state index in [4.69, 9.17) is 9.15 Å². The van der Waals surface area contributed by atoms with E-state index in [0.717, 1.165) is 10.9 Å². The highest BCUT2D eigenvalue weighted by molar-refractivity contribution is 5.86. The van der Waals surface area contributed by atoms with Gasteiger partial charge in [0.15, 0.2) is 6.10 Å². The molecule has 26 heavy (non-hydrogen) atoms. The van der Waals surface area contributed by atoms with Gasteiger partial charge in [-0.05, 0) is 37.5 Å². The summed E-state index contributed by atoms with van der Waals surface area (Å²) >= 11 is 0. The Morgan fingerprint density at radius 3 is 2.58 bits per heavy atom. The lowest BCUT2D eigenvalue weighted by Gasteiger charge is -2.22. The third-order valence-corrected chi connectivity index (χ3v) is 4.38. The Kier molecular flexibility index (Phi) is 6.02. The van der Waals surface area contributed by atoms with E-state index in [9.17, 15) is 19.5 Å². The van der Waals surface area contributed by atoms with Crippen LogP contribution < -0.4 is 15.7 Å². The molecule has 0 aliphatic heterocycles. The van der Waals surface area contributed by atoms with E-state index in [0.29, 0.717) is 17.8 Å². The third kappa shape index (κ3) is 4.41. The molecule has 2 rings (SSSR count). The Bertz CT molecular complexity index is 872. The average Bonchev–Trinajstić information content (AvgIpc) is 2.57. The molecule has 7 nitrogen and oxygen atoms in total. The SMILES string of the molecule is CC[C@H](C)[C@@H](NC(=O)C(C)Oc1ccc2c(C)cc(=O)oc2c1)C(=O)O. The normalized spacial score (nSPS) is 14.5. The van der Waals surface area contributed by atoms with Crippen LogP contribution in [0.2, 0.25) is 0 Å². The van der Waals surface area contributed by atoms with Crippen LogP contribution in [-0.4, -0.2) is 29.1 Å². The van der Waals surface area contributed by atoms with E-state index in [2.05, 4.69) is 5.32 Å². The fourth-order valence-electron chi connectivity index (χ4n) is 2.59. The molecule has 0 radical (unpaired) electrons. The first-order valence-corrected chi connectivity index (χ1v) is 8.47. The van der Waals surface area contributed by atoms with Crippen molar-refractivity contribution in [1.29, 1.82) is 0 Å². The highest BCUT2D eigenvalue weighted by Gasteiger charge is 2.27. The number of hydrogen-bond acceptors (Lipinski definition) is 5. The lowest BCUT2D eigenvalue weighted by Crippen LogP contribution is -2.49. The predicted octanol–water partition coefficient (Wildman–Crippen LogP) is 2.48. The molecule has 0 saturated heterocycles. The molecule has 2 N–H and O–H groups in total. The first kappa shape index (κ1) is 19.5. The summed E-state index contributed by atoms with van der Waals surface area (Å²) in [5.74, 6) is -1.46. The second kappa shape index (κ2) is 8.03. The Balaban J connectivity index is 2.14. The molecule has 0 aliphatic rings. The van der Waals surface area contributed by atoms with Gasteiger partial charge in [0, 0.05) is 17.5 Å². The summed E-state index contributed by atoms with van der Waals surface area (Å²) in [6.45, 7) is 6.95. The van der Waals surface area contributed by atoms with E-state index < -0.39 is 29.6 Å². The summed E-state index contributed by atoms with van der Waals surface area (Å²) < 4.78 is 10.7. The number of amides is 1. The first-order valence-electron chi connectivity index (χ1n) is 8.47. The number of carboxylic acid groups (broad SMARTS) is 1. The molecule has 0 saturated carbocycles. The first-order chi connectivity index (χ1) is 12.2. The van der Waals surface area contributed by atoms with Crippen molar-refractivity contribution in [2.24, 2.45) is 5.92 Å². The van der Waals surface area contributed by atoms with Crippen LogP contribution >= 0.6 is 0 Å². The lowest BCUT2D eigenvalue weighted by molar-refractivity contribution is -0.144. The molecule has 7 heteroatoms. The van der Waals surface area contributed by atoms with Crippen LogP contribution in [0.1, 0.15) is 32.8 Å². The van der Waals surface area contributed by atoms with Gasteiger partial charge in [0.05, 0.1) is 0 Å². The van der Waals surface area contributed by atoms with Crippen LogP contribution in [0.3, 0.4) is 0 Å². The van der Waals surface area contributed by atoms with Gasteiger partial charge < -0.3 is 19.6 Å². The number of aryl methyl sites for hydroxylation is 1. The zero-order chi connectivity index (χ0) is 19.4. The Morgan fingerprint density at radius 2 is 1.96 bits per heavy atom. The summed E-state index contributed by atoms with van der Waals surface area (Å²) in [6, 6.07) is 5.38. The molecular weight excluding hydrogens is 338 g/mol. The zero-order valence-corrected chi connectivity index (χ0v) is 15.2. The van der Waals surface area contributed by atoms with Crippen molar-refractivity contribution < 1.29 is 23.8 Å². The summed E-state index contributed by atoms with van der Waals surface area (Å²) in [5, 5.41) is 12.5. The monoisotopic (exact) mass is 361 g/mol. The van der Waals surface area contributed by atoms with Gasteiger partial charge in [-0.15, -0.1) is 0 Å². The van der Waals surface area contributed by atoms with E-state index in [-0.39, 0.29) is 5.92 Å². The number of aliphatic carboxylic acids is 1. The van der Waals surface area contributed by atoms with Gasteiger partial charge in [0.25, 0.3) is 5.91 Å². The highest BCUT2D eigenvalue weighted by atomic mass is 16.5. The maximum Gasteiger partial charge on any atom is 0.336 e. The Labute approximate surface area is 151 Å². The van der Waals surface area contributed by atoms with Gasteiger partial charge in [0.2, 0.25) is 0 Å². The van der Waals surface area contributed by atoms with Crippen LogP contribution in [0.25, 0.3) is 11.0 Å². The molecule has 2 aromatic rings. The maximum absolute atomic E-state index is 12.3. The number of carbonyl (C=O) groups excluding carboxylic acids is 1. The zero-order valence-electron chi connectivity index (χ0n) is 15.2. The lowest BCUT2D eigenvalue weighted by atomic mass is 9.99. The van der Waals surface area contributed by atoms with E-state index in [1.54, 1.807) is 26.0 Å². The minimum absolute atomic E-state index is 0.207. The number of rotatable bonds is 7. The maximum atomic E-state index is 12.3. The van der Waals surface area contributed by atoms with Crippen molar-refractivity contribution in [3.05, 3.63) is 40.2 Å². The second-order valence-corrected chi connectivity index (χ2v) is 6.38. The van der Waals surface area contributed by atoms with Crippen LogP contribution in [0.15, 0.2) is 33.5 Å². The molecule has 0 aliphatic carbocycles. The van der Waals surface area contributed by atoms with Crippen molar-refractivity contribution >= 4 is 22.8 Å². The topological polar surface area (TPSA) is 106 Å². The van der Waals surface area contributed by atoms with Gasteiger partial charge in [-0.3, -0.25) is 4.79 Å². The molecule has 1 aromatic carbocycles. The van der Waals surface area contributed by atoms with E-state index >= 15 is 0 Å². The quantitative estimate of drug-likeness (QED) is 0.734. The molecule has 1 aromatic heterocycles. The number of carboxylic acids is 1. The standard InChI is InChI=1S/C19H23NO6/c1-5-10(2)17(19(23)24)20-18(22)12(4)25-13-6-7-14-11(3)8-16(21)26-15(14)9-13/h6-10,12,17H,5H2,1-4H3,(H,20,22)(H,23,24)/t10-,12?,17+/m0/s1. The smallest absolute Gasteiger partial charge is 0.336 e. The van der Waals surface area contributed by atoms with Crippen molar-refractivity contribution in [1.82, 2.24) is 5.32 Å². The molecule has 140 valence electrons. The number of nitrogens with one attached hydrogen (secondary N) is 1. The number of carbonyl (C=O) groups is 2. The molecule has 0 fully saturated rings. The van der Waals surface area contributed by atoms with Crippen molar-refractivity contribution in [2.45, 2.75) is 46.3 Å². The summed E-state index contributed by atoms with van der Waals surface area (Å²) in [7, 11) is 0. The predicted molar refractivity (Wildman–Crippen MR) is 96.3 cm³/mol. The van der Waals surface area contributed by atoms with Gasteiger partial charge in [-0.25, -0.2) is 9.59 Å². The van der Waals surface area contributed by atoms with Crippen molar-refractivity contribution in [3.8, 4) is 5.75 Å². The molecule has 3 atom stereocenters. The van der Waals surface area contributed by atoms with Crippen LogP contribution in [0.4, 0.5) is 0 Å². The Morgan fingerprint density at radius 1 is 1.27 bits per heavy atom. The molecule has 1 heterocycles. The fraction of sp³-hybridized carbons (Fsp3) is 0.421. The van der Waals surface area contributed by atoms with Crippen LogP contribution in [-0.2, 0) is 9.59 Å². The summed E-state index contributed by atoms with van der Waals surface area (Å²) in [4.78, 5) is 35.1. The van der Waals surface area contributed by atoms with Crippen molar-refractivity contribution in [3.63, 3.8) is 0 Å². The fourth-order valence-corrected chi connectivity index (χ4v) is 2.59. The number of fused-ring (bicyclic) bond motifs is 1. The third-order valence-electron chi connectivity index (χ3n) is 4.38. The van der Waals surface area contributed by atoms with Gasteiger partial charge >= 0.3 is 11.6 Å². The molecule has 1 amide bonds. The molecular formula is C19H23NO6. The van der Waals surface area contributed by atoms with Crippen LogP contribution in [0, 0.1) is 12.8 Å². The number of benzene rings is 1. The molecule has 1 unspecified atom stereocenters. The summed E-state index contributed by atoms with van der Waals surface area (Å²) in [6.07, 6.45) is -0.287. The van der Waals surface area contributed by atoms with E-state index in [1.165, 1.54) is 19.1 Å². The minimum atomic E-state index is -1.08. The minimum Gasteiger partial charge on any atom is -0.481 e. The van der Waals surface area contributed by atoms with Gasteiger partial charge in [0.1, 0.15) is 17.4 Å². The van der Waals surface area contributed by atoms with Crippen LogP contribution in [0.5, 0.6) is 5.75 Å². The summed E-state index contributed by atoms with van der Waals surface area (Å²) in [5.41, 5.74) is 0.686. The molecule has 0 bridgehead atoms. The number of hydrogen-bond donors (Lipinski definition) is 2. The van der Waals surface area contributed by atoms with Gasteiger partial charge in [-0.1, -0.05) is 20.3 Å². The van der Waals surface area contributed by atoms with Crippen molar-refractivity contribution in [2.75, 3.05) is 0 Å². The highest BCUT2D eigenvalue weighted by Crippen LogP contribution is 2.23. The van der Waals surface area contributed by atoms with E-state index in [1.807, 2.05) is 6.92 Å².